The largest absolute Gasteiger partial charge is 0.480 e. The van der Waals surface area contributed by atoms with E-state index in [9.17, 15) is 13.2 Å². The van der Waals surface area contributed by atoms with Crippen LogP contribution in [0.1, 0.15) is 34.1 Å². The van der Waals surface area contributed by atoms with E-state index in [1.165, 1.54) is 14.0 Å². The number of carboxylic acids is 1. The van der Waals surface area contributed by atoms with E-state index in [2.05, 4.69) is 4.72 Å². The van der Waals surface area contributed by atoms with Gasteiger partial charge >= 0.3 is 5.97 Å². The fourth-order valence-corrected chi connectivity index (χ4v) is 2.40. The summed E-state index contributed by atoms with van der Waals surface area (Å²) in [6, 6.07) is -0.229. The normalized spacial score (nSPS) is 16.4. The van der Waals surface area contributed by atoms with Crippen LogP contribution in [-0.2, 0) is 15.0 Å². The van der Waals surface area contributed by atoms with E-state index in [1.807, 2.05) is 0 Å². The first-order chi connectivity index (χ1) is 7.07. The van der Waals surface area contributed by atoms with Crippen molar-refractivity contribution in [3.8, 4) is 0 Å². The maximum Gasteiger partial charge on any atom is 0.324 e. The molecule has 0 bridgehead atoms. The van der Waals surface area contributed by atoms with Gasteiger partial charge in [0.2, 0.25) is 0 Å². The molecule has 0 fully saturated rings. The van der Waals surface area contributed by atoms with Crippen LogP contribution in [0.15, 0.2) is 0 Å². The number of nitrogens with one attached hydrogen (secondary N) is 1. The molecular weight excluding hydrogens is 232 g/mol. The van der Waals surface area contributed by atoms with E-state index < -0.39 is 21.7 Å². The van der Waals surface area contributed by atoms with Crippen LogP contribution in [0.3, 0.4) is 0 Å². The van der Waals surface area contributed by atoms with Crippen LogP contribution in [0, 0.1) is 0 Å². The number of nitrogens with zero attached hydrogens (tertiary/aromatic N) is 1. The second kappa shape index (κ2) is 5.11. The molecule has 0 amide bonds. The Hall–Kier alpha value is -0.660. The fraction of sp³-hybridized carbons (Fsp3) is 0.889. The third kappa shape index (κ3) is 3.43. The van der Waals surface area contributed by atoms with Crippen molar-refractivity contribution in [2.75, 3.05) is 7.05 Å². The molecule has 2 N–H and O–H groups in total. The highest BCUT2D eigenvalue weighted by Gasteiger charge is 2.37. The van der Waals surface area contributed by atoms with Crippen molar-refractivity contribution in [2.45, 2.75) is 45.7 Å². The average Bonchev–Trinajstić information content (AvgIpc) is 2.15. The molecule has 0 aromatic carbocycles. The van der Waals surface area contributed by atoms with Crippen molar-refractivity contribution in [3.05, 3.63) is 0 Å². The third-order valence-electron chi connectivity index (χ3n) is 2.64. The molecule has 0 rings (SSSR count). The number of carbonyl (C=O) groups is 1. The van der Waals surface area contributed by atoms with Crippen LogP contribution in [0.5, 0.6) is 0 Å². The Morgan fingerprint density at radius 1 is 1.50 bits per heavy atom. The van der Waals surface area contributed by atoms with Gasteiger partial charge in [0.1, 0.15) is 5.54 Å². The molecule has 0 radical (unpaired) electrons. The number of hydrogen-bond acceptors (Lipinski definition) is 3. The van der Waals surface area contributed by atoms with Crippen LogP contribution >= 0.6 is 0 Å². The summed E-state index contributed by atoms with van der Waals surface area (Å²) >= 11 is 0. The van der Waals surface area contributed by atoms with Crippen LogP contribution in [-0.4, -0.2) is 42.4 Å². The monoisotopic (exact) mass is 252 g/mol. The van der Waals surface area contributed by atoms with Crippen LogP contribution in [0.2, 0.25) is 0 Å². The molecule has 0 aliphatic heterocycles. The van der Waals surface area contributed by atoms with E-state index >= 15 is 0 Å². The van der Waals surface area contributed by atoms with E-state index in [0.29, 0.717) is 0 Å². The summed E-state index contributed by atoms with van der Waals surface area (Å²) < 4.78 is 26.9. The molecule has 16 heavy (non-hydrogen) atoms. The Morgan fingerprint density at radius 3 is 2.19 bits per heavy atom. The smallest absolute Gasteiger partial charge is 0.324 e. The lowest BCUT2D eigenvalue weighted by atomic mass is 10.0. The zero-order chi connectivity index (χ0) is 13.1. The summed E-state index contributed by atoms with van der Waals surface area (Å²) in [6.07, 6.45) is 0.174. The minimum absolute atomic E-state index is 0.174. The molecule has 0 aromatic rings. The lowest BCUT2D eigenvalue weighted by Gasteiger charge is -2.29. The highest BCUT2D eigenvalue weighted by atomic mass is 32.2. The maximum absolute atomic E-state index is 11.8. The highest BCUT2D eigenvalue weighted by molar-refractivity contribution is 7.87. The molecule has 0 saturated heterocycles. The molecular formula is C9H20N2O4S. The van der Waals surface area contributed by atoms with E-state index in [0.717, 1.165) is 4.31 Å². The Morgan fingerprint density at radius 2 is 1.94 bits per heavy atom. The van der Waals surface area contributed by atoms with Crippen molar-refractivity contribution in [2.24, 2.45) is 0 Å². The Bertz CT molecular complexity index is 353. The van der Waals surface area contributed by atoms with E-state index in [4.69, 9.17) is 5.11 Å². The van der Waals surface area contributed by atoms with Gasteiger partial charge in [0.05, 0.1) is 0 Å². The summed E-state index contributed by atoms with van der Waals surface area (Å²) in [6.45, 7) is 6.39. The molecule has 0 aliphatic carbocycles. The quantitative estimate of drug-likeness (QED) is 0.717. The van der Waals surface area contributed by atoms with Crippen molar-refractivity contribution in [1.82, 2.24) is 9.03 Å². The maximum atomic E-state index is 11.8. The van der Waals surface area contributed by atoms with Crippen LogP contribution in [0.25, 0.3) is 0 Å². The van der Waals surface area contributed by atoms with Gasteiger partial charge in [0, 0.05) is 13.1 Å². The van der Waals surface area contributed by atoms with Gasteiger partial charge in [-0.05, 0) is 27.2 Å². The molecule has 0 spiro atoms. The fourth-order valence-electron chi connectivity index (χ4n) is 0.901. The van der Waals surface area contributed by atoms with Gasteiger partial charge in [-0.25, -0.2) is 0 Å². The summed E-state index contributed by atoms with van der Waals surface area (Å²) in [5, 5.41) is 8.97. The van der Waals surface area contributed by atoms with Crippen molar-refractivity contribution in [1.29, 1.82) is 0 Å². The first-order valence-corrected chi connectivity index (χ1v) is 6.51. The van der Waals surface area contributed by atoms with Gasteiger partial charge in [-0.2, -0.15) is 17.4 Å². The second-order valence-corrected chi connectivity index (χ2v) is 5.94. The van der Waals surface area contributed by atoms with Gasteiger partial charge in [0.25, 0.3) is 10.2 Å². The Kier molecular flexibility index (Phi) is 4.90. The SMILES string of the molecule is CCC(C)(NS(=O)(=O)N(C)C(C)C)C(=O)O. The van der Waals surface area contributed by atoms with Crippen molar-refractivity contribution >= 4 is 16.2 Å². The number of rotatable bonds is 6. The predicted octanol–water partition coefficient (Wildman–Crippen LogP) is 0.414. The lowest BCUT2D eigenvalue weighted by molar-refractivity contribution is -0.143. The molecule has 0 aromatic heterocycles. The summed E-state index contributed by atoms with van der Waals surface area (Å²) in [5.41, 5.74) is -1.47. The van der Waals surface area contributed by atoms with E-state index in [1.54, 1.807) is 20.8 Å². The molecule has 1 atom stereocenters. The molecule has 96 valence electrons. The summed E-state index contributed by atoms with van der Waals surface area (Å²) in [4.78, 5) is 11.0. The molecule has 1 unspecified atom stereocenters. The highest BCUT2D eigenvalue weighted by Crippen LogP contribution is 2.13. The molecule has 7 heteroatoms. The standard InChI is InChI=1S/C9H20N2O4S/c1-6-9(4,8(12)13)10-16(14,15)11(5)7(2)3/h7,10H,6H2,1-5H3,(H,12,13). The first kappa shape index (κ1) is 15.3. The summed E-state index contributed by atoms with van der Waals surface area (Å²) in [5.74, 6) is -1.18. The number of aliphatic carboxylic acids is 1. The summed E-state index contributed by atoms with van der Waals surface area (Å²) in [7, 11) is -2.36. The zero-order valence-corrected chi connectivity index (χ0v) is 11.1. The van der Waals surface area contributed by atoms with E-state index in [-0.39, 0.29) is 12.5 Å². The second-order valence-electron chi connectivity index (χ2n) is 4.21. The topological polar surface area (TPSA) is 86.7 Å². The third-order valence-corrected chi connectivity index (χ3v) is 4.53. The van der Waals surface area contributed by atoms with Gasteiger partial charge in [-0.15, -0.1) is 0 Å². The lowest BCUT2D eigenvalue weighted by Crippen LogP contribution is -2.56. The van der Waals surface area contributed by atoms with Gasteiger partial charge < -0.3 is 5.11 Å². The molecule has 6 nitrogen and oxygen atoms in total. The van der Waals surface area contributed by atoms with Crippen LogP contribution in [0.4, 0.5) is 0 Å². The van der Waals surface area contributed by atoms with Gasteiger partial charge in [0.15, 0.2) is 0 Å². The predicted molar refractivity (Wildman–Crippen MR) is 61.3 cm³/mol. The van der Waals surface area contributed by atoms with Gasteiger partial charge in [-0.1, -0.05) is 6.92 Å². The zero-order valence-electron chi connectivity index (χ0n) is 10.3. The van der Waals surface area contributed by atoms with Crippen molar-refractivity contribution in [3.63, 3.8) is 0 Å². The Balaban J connectivity index is 5.04. The number of hydrogen-bond donors (Lipinski definition) is 2. The minimum Gasteiger partial charge on any atom is -0.480 e. The molecule has 0 heterocycles. The molecule has 0 aliphatic rings. The number of carboxylic acid groups (broad SMARTS) is 1. The van der Waals surface area contributed by atoms with Crippen molar-refractivity contribution < 1.29 is 18.3 Å². The minimum atomic E-state index is -3.77. The molecule has 0 saturated carbocycles. The van der Waals surface area contributed by atoms with Gasteiger partial charge in [-0.3, -0.25) is 4.79 Å². The Labute approximate surface area is 96.8 Å². The first-order valence-electron chi connectivity index (χ1n) is 5.07. The average molecular weight is 252 g/mol. The van der Waals surface area contributed by atoms with Crippen LogP contribution < -0.4 is 4.72 Å².